The molecule has 1 unspecified atom stereocenters. The Morgan fingerprint density at radius 3 is 2.65 bits per heavy atom. The molecule has 2 aromatic carbocycles. The van der Waals surface area contributed by atoms with E-state index in [0.29, 0.717) is 10.8 Å². The first-order valence-corrected chi connectivity index (χ1v) is 6.72. The zero-order valence-electron chi connectivity index (χ0n) is 11.4. The number of nitrogens with one attached hydrogen (secondary N) is 1. The number of amides is 1. The van der Waals surface area contributed by atoms with Gasteiger partial charge in [-0.15, -0.1) is 0 Å². The lowest BCUT2D eigenvalue weighted by Gasteiger charge is -2.15. The van der Waals surface area contributed by atoms with Gasteiger partial charge in [-0.05, 0) is 49.7 Å². The van der Waals surface area contributed by atoms with Crippen LogP contribution in [0.3, 0.4) is 0 Å². The van der Waals surface area contributed by atoms with Crippen LogP contribution in [0.4, 0.5) is 5.69 Å². The summed E-state index contributed by atoms with van der Waals surface area (Å²) in [6.45, 7) is 3.67. The molecule has 0 spiro atoms. The summed E-state index contributed by atoms with van der Waals surface area (Å²) in [5.41, 5.74) is 1.85. The molecule has 0 saturated carbocycles. The van der Waals surface area contributed by atoms with Crippen LogP contribution in [-0.4, -0.2) is 12.0 Å². The fraction of sp³-hybridized carbons (Fsp3) is 0.188. The third kappa shape index (κ3) is 4.00. The van der Waals surface area contributed by atoms with Crippen LogP contribution in [0, 0.1) is 6.92 Å². The number of anilines is 1. The lowest BCUT2D eigenvalue weighted by molar-refractivity contribution is -0.122. The SMILES string of the molecule is Cc1cccc(NC(=O)C(C)Oc2cccc(Cl)c2)c1. The Kier molecular flexibility index (Phi) is 4.64. The molecule has 2 aromatic rings. The molecule has 1 amide bonds. The Morgan fingerprint density at radius 2 is 1.95 bits per heavy atom. The number of benzene rings is 2. The zero-order valence-corrected chi connectivity index (χ0v) is 12.1. The number of hydrogen-bond donors (Lipinski definition) is 1. The molecule has 1 atom stereocenters. The maximum Gasteiger partial charge on any atom is 0.265 e. The lowest BCUT2D eigenvalue weighted by Crippen LogP contribution is -2.30. The van der Waals surface area contributed by atoms with Gasteiger partial charge in [-0.2, -0.15) is 0 Å². The third-order valence-corrected chi connectivity index (χ3v) is 3.00. The molecular weight excluding hydrogens is 274 g/mol. The molecule has 0 aliphatic heterocycles. The largest absolute Gasteiger partial charge is 0.481 e. The highest BCUT2D eigenvalue weighted by atomic mass is 35.5. The van der Waals surface area contributed by atoms with Gasteiger partial charge in [0.25, 0.3) is 5.91 Å². The van der Waals surface area contributed by atoms with Gasteiger partial charge in [-0.3, -0.25) is 4.79 Å². The third-order valence-electron chi connectivity index (χ3n) is 2.76. The number of carbonyl (C=O) groups is 1. The second-order valence-corrected chi connectivity index (χ2v) is 5.01. The van der Waals surface area contributed by atoms with Crippen molar-refractivity contribution in [1.82, 2.24) is 0 Å². The average Bonchev–Trinajstić information content (AvgIpc) is 2.38. The maximum atomic E-state index is 12.0. The molecule has 2 rings (SSSR count). The van der Waals surface area contributed by atoms with E-state index < -0.39 is 6.10 Å². The Bertz CT molecular complexity index is 613. The minimum absolute atomic E-state index is 0.199. The standard InChI is InChI=1S/C16H16ClNO2/c1-11-5-3-7-14(9-11)18-16(19)12(2)20-15-8-4-6-13(17)10-15/h3-10,12H,1-2H3,(H,18,19). The van der Waals surface area contributed by atoms with Crippen LogP contribution in [0.1, 0.15) is 12.5 Å². The number of carbonyl (C=O) groups excluding carboxylic acids is 1. The fourth-order valence-electron chi connectivity index (χ4n) is 1.76. The molecule has 0 fully saturated rings. The second-order valence-electron chi connectivity index (χ2n) is 4.58. The Labute approximate surface area is 123 Å². The van der Waals surface area contributed by atoms with Gasteiger partial charge in [0.2, 0.25) is 0 Å². The van der Waals surface area contributed by atoms with Crippen molar-refractivity contribution in [3.63, 3.8) is 0 Å². The summed E-state index contributed by atoms with van der Waals surface area (Å²) < 4.78 is 5.56. The molecule has 1 N–H and O–H groups in total. The summed E-state index contributed by atoms with van der Waals surface area (Å²) in [7, 11) is 0. The second kappa shape index (κ2) is 6.44. The van der Waals surface area contributed by atoms with E-state index in [-0.39, 0.29) is 5.91 Å². The predicted octanol–water partition coefficient (Wildman–Crippen LogP) is 4.05. The first-order valence-electron chi connectivity index (χ1n) is 6.34. The van der Waals surface area contributed by atoms with E-state index in [4.69, 9.17) is 16.3 Å². The van der Waals surface area contributed by atoms with Crippen LogP contribution in [-0.2, 0) is 4.79 Å². The summed E-state index contributed by atoms with van der Waals surface area (Å²) >= 11 is 5.87. The number of rotatable bonds is 4. The molecule has 4 heteroatoms. The van der Waals surface area contributed by atoms with Gasteiger partial charge < -0.3 is 10.1 Å². The van der Waals surface area contributed by atoms with Crippen LogP contribution >= 0.6 is 11.6 Å². The first kappa shape index (κ1) is 14.4. The molecule has 0 radical (unpaired) electrons. The topological polar surface area (TPSA) is 38.3 Å². The number of ether oxygens (including phenoxy) is 1. The van der Waals surface area contributed by atoms with Crippen LogP contribution in [0.15, 0.2) is 48.5 Å². The molecule has 0 heterocycles. The summed E-state index contributed by atoms with van der Waals surface area (Å²) in [4.78, 5) is 12.0. The van der Waals surface area contributed by atoms with Gasteiger partial charge in [-0.25, -0.2) is 0 Å². The molecular formula is C16H16ClNO2. The highest BCUT2D eigenvalue weighted by Crippen LogP contribution is 2.19. The summed E-state index contributed by atoms with van der Waals surface area (Å²) in [6, 6.07) is 14.6. The lowest BCUT2D eigenvalue weighted by atomic mass is 10.2. The number of halogens is 1. The van der Waals surface area contributed by atoms with Crippen LogP contribution in [0.2, 0.25) is 5.02 Å². The maximum absolute atomic E-state index is 12.0. The quantitative estimate of drug-likeness (QED) is 0.922. The van der Waals surface area contributed by atoms with Gasteiger partial charge >= 0.3 is 0 Å². The van der Waals surface area contributed by atoms with E-state index in [1.165, 1.54) is 0 Å². The summed E-state index contributed by atoms with van der Waals surface area (Å²) in [6.07, 6.45) is -0.603. The smallest absolute Gasteiger partial charge is 0.265 e. The zero-order chi connectivity index (χ0) is 14.5. The molecule has 104 valence electrons. The van der Waals surface area contributed by atoms with Gasteiger partial charge in [0, 0.05) is 10.7 Å². The van der Waals surface area contributed by atoms with Crippen molar-refractivity contribution in [2.75, 3.05) is 5.32 Å². The van der Waals surface area contributed by atoms with Crippen molar-refractivity contribution >= 4 is 23.2 Å². The highest BCUT2D eigenvalue weighted by Gasteiger charge is 2.14. The van der Waals surface area contributed by atoms with E-state index in [2.05, 4.69) is 5.32 Å². The van der Waals surface area contributed by atoms with Gasteiger partial charge in [0.15, 0.2) is 6.10 Å². The van der Waals surface area contributed by atoms with Crippen molar-refractivity contribution in [1.29, 1.82) is 0 Å². The summed E-state index contributed by atoms with van der Waals surface area (Å²) in [5, 5.41) is 3.40. The molecule has 0 saturated heterocycles. The molecule has 0 bridgehead atoms. The van der Waals surface area contributed by atoms with Crippen molar-refractivity contribution in [3.05, 3.63) is 59.1 Å². The molecule has 3 nitrogen and oxygen atoms in total. The van der Waals surface area contributed by atoms with E-state index in [0.717, 1.165) is 11.3 Å². The van der Waals surface area contributed by atoms with Crippen LogP contribution in [0.5, 0.6) is 5.75 Å². The molecule has 0 aliphatic carbocycles. The Hall–Kier alpha value is -2.00. The number of hydrogen-bond acceptors (Lipinski definition) is 2. The van der Waals surface area contributed by atoms with E-state index >= 15 is 0 Å². The van der Waals surface area contributed by atoms with Crippen molar-refractivity contribution < 1.29 is 9.53 Å². The van der Waals surface area contributed by atoms with E-state index in [1.807, 2.05) is 31.2 Å². The van der Waals surface area contributed by atoms with Gasteiger partial charge in [-0.1, -0.05) is 29.8 Å². The van der Waals surface area contributed by atoms with Crippen molar-refractivity contribution in [3.8, 4) is 5.75 Å². The summed E-state index contributed by atoms with van der Waals surface area (Å²) in [5.74, 6) is 0.375. The first-order chi connectivity index (χ1) is 9.54. The van der Waals surface area contributed by atoms with Gasteiger partial charge in [0.05, 0.1) is 0 Å². The monoisotopic (exact) mass is 289 g/mol. The minimum atomic E-state index is -0.603. The fourth-order valence-corrected chi connectivity index (χ4v) is 1.94. The Morgan fingerprint density at radius 1 is 1.20 bits per heavy atom. The number of aryl methyl sites for hydroxylation is 1. The van der Waals surface area contributed by atoms with E-state index in [9.17, 15) is 4.79 Å². The normalized spacial score (nSPS) is 11.8. The van der Waals surface area contributed by atoms with Crippen molar-refractivity contribution in [2.24, 2.45) is 0 Å². The molecule has 20 heavy (non-hydrogen) atoms. The molecule has 0 aliphatic rings. The molecule has 0 aromatic heterocycles. The Balaban J connectivity index is 1.98. The minimum Gasteiger partial charge on any atom is -0.481 e. The van der Waals surface area contributed by atoms with Crippen LogP contribution < -0.4 is 10.1 Å². The van der Waals surface area contributed by atoms with Gasteiger partial charge in [0.1, 0.15) is 5.75 Å². The highest BCUT2D eigenvalue weighted by molar-refractivity contribution is 6.30. The average molecular weight is 290 g/mol. The predicted molar refractivity (Wildman–Crippen MR) is 81.4 cm³/mol. The van der Waals surface area contributed by atoms with Crippen LogP contribution in [0.25, 0.3) is 0 Å². The van der Waals surface area contributed by atoms with Crippen molar-refractivity contribution in [2.45, 2.75) is 20.0 Å². The van der Waals surface area contributed by atoms with E-state index in [1.54, 1.807) is 31.2 Å².